The molecule has 0 aromatic heterocycles. The minimum Gasteiger partial charge on any atom is -0.497 e. The maximum Gasteiger partial charge on any atom is 0.338 e. The first-order valence-corrected chi connectivity index (χ1v) is 9.58. The van der Waals surface area contributed by atoms with Crippen LogP contribution in [0.4, 0.5) is 0 Å². The lowest BCUT2D eigenvalue weighted by atomic mass is 9.96. The zero-order valence-corrected chi connectivity index (χ0v) is 16.1. The summed E-state index contributed by atoms with van der Waals surface area (Å²) in [6.45, 7) is 6.22. The van der Waals surface area contributed by atoms with Gasteiger partial charge in [-0.05, 0) is 38.0 Å². The van der Waals surface area contributed by atoms with Crippen LogP contribution in [0, 0.1) is 0 Å². The zero-order chi connectivity index (χ0) is 18.2. The summed E-state index contributed by atoms with van der Waals surface area (Å²) in [6.07, 6.45) is 2.27. The number of ether oxygens (including phenoxy) is 2. The maximum atomic E-state index is 12.5. The molecule has 1 atom stereocenters. The maximum absolute atomic E-state index is 12.5. The third-order valence-corrected chi connectivity index (χ3v) is 4.86. The summed E-state index contributed by atoms with van der Waals surface area (Å²) in [4.78, 5) is 17.2. The Morgan fingerprint density at radius 2 is 2.00 bits per heavy atom. The highest BCUT2D eigenvalue weighted by Gasteiger charge is 2.30. The van der Waals surface area contributed by atoms with Gasteiger partial charge < -0.3 is 14.8 Å². The predicted molar refractivity (Wildman–Crippen MR) is 103 cm³/mol. The normalized spacial score (nSPS) is 17.0. The Balaban J connectivity index is 2.33. The largest absolute Gasteiger partial charge is 0.497 e. The summed E-state index contributed by atoms with van der Waals surface area (Å²) >= 11 is 1.69. The van der Waals surface area contributed by atoms with Gasteiger partial charge in [-0.25, -0.2) is 9.79 Å². The van der Waals surface area contributed by atoms with E-state index in [9.17, 15) is 4.79 Å². The van der Waals surface area contributed by atoms with Crippen LogP contribution in [0.2, 0.25) is 0 Å². The molecule has 0 saturated carbocycles. The highest BCUT2D eigenvalue weighted by Crippen LogP contribution is 2.33. The fourth-order valence-corrected chi connectivity index (χ4v) is 3.57. The van der Waals surface area contributed by atoms with Crippen LogP contribution in [-0.2, 0) is 9.53 Å². The predicted octanol–water partition coefficient (Wildman–Crippen LogP) is 4.07. The fourth-order valence-electron chi connectivity index (χ4n) is 2.53. The van der Waals surface area contributed by atoms with Crippen molar-refractivity contribution in [2.24, 2.45) is 4.99 Å². The number of thioether (sulfide) groups is 1. The van der Waals surface area contributed by atoms with Crippen LogP contribution >= 0.6 is 11.8 Å². The van der Waals surface area contributed by atoms with E-state index >= 15 is 0 Å². The van der Waals surface area contributed by atoms with Crippen LogP contribution < -0.4 is 10.1 Å². The van der Waals surface area contributed by atoms with Crippen molar-refractivity contribution in [3.63, 3.8) is 0 Å². The molecule has 1 heterocycles. The highest BCUT2D eigenvalue weighted by molar-refractivity contribution is 8.13. The quantitative estimate of drug-likeness (QED) is 0.585. The van der Waals surface area contributed by atoms with E-state index in [-0.39, 0.29) is 12.0 Å². The van der Waals surface area contributed by atoms with Crippen molar-refractivity contribution in [2.45, 2.75) is 39.7 Å². The number of amidine groups is 1. The number of carbonyl (C=O) groups is 1. The van der Waals surface area contributed by atoms with Gasteiger partial charge in [-0.15, -0.1) is 0 Å². The number of carbonyl (C=O) groups excluding carboxylic acids is 1. The van der Waals surface area contributed by atoms with Crippen molar-refractivity contribution in [3.05, 3.63) is 41.1 Å². The van der Waals surface area contributed by atoms with Gasteiger partial charge in [0, 0.05) is 11.4 Å². The van der Waals surface area contributed by atoms with Gasteiger partial charge in [0.2, 0.25) is 0 Å². The summed E-state index contributed by atoms with van der Waals surface area (Å²) in [5.41, 5.74) is 2.30. The number of nitrogens with zero attached hydrogens (tertiary/aromatic N) is 1. The second-order valence-corrected chi connectivity index (χ2v) is 6.78. The van der Waals surface area contributed by atoms with Crippen LogP contribution in [-0.4, -0.2) is 30.6 Å². The molecule has 0 aliphatic carbocycles. The minimum atomic E-state index is -0.365. The molecule has 1 aliphatic heterocycles. The highest BCUT2D eigenvalue weighted by atomic mass is 32.2. The van der Waals surface area contributed by atoms with E-state index < -0.39 is 0 Å². The van der Waals surface area contributed by atoms with Crippen molar-refractivity contribution in [1.29, 1.82) is 0 Å². The van der Waals surface area contributed by atoms with Gasteiger partial charge >= 0.3 is 5.97 Å². The minimum absolute atomic E-state index is 0.324. The molecule has 0 radical (unpaired) electrons. The first-order chi connectivity index (χ1) is 12.1. The molecule has 0 fully saturated rings. The van der Waals surface area contributed by atoms with Crippen LogP contribution in [0.25, 0.3) is 0 Å². The third-order valence-electron chi connectivity index (χ3n) is 3.88. The summed E-state index contributed by atoms with van der Waals surface area (Å²) in [7, 11) is 1.63. The molecule has 0 saturated heterocycles. The molecule has 1 aromatic carbocycles. The molecule has 0 spiro atoms. The van der Waals surface area contributed by atoms with E-state index in [1.165, 1.54) is 0 Å². The lowest BCUT2D eigenvalue weighted by Gasteiger charge is -2.26. The molecule has 1 N–H and O–H groups in total. The molecular weight excluding hydrogens is 336 g/mol. The molecule has 1 unspecified atom stereocenters. The topological polar surface area (TPSA) is 59.9 Å². The number of rotatable bonds is 7. The fraction of sp³-hybridized carbons (Fsp3) is 0.474. The van der Waals surface area contributed by atoms with Crippen molar-refractivity contribution in [2.75, 3.05) is 19.5 Å². The van der Waals surface area contributed by atoms with E-state index in [0.717, 1.165) is 40.8 Å². The number of nitrogens with one attached hydrogen (secondary N) is 1. The summed E-state index contributed by atoms with van der Waals surface area (Å²) < 4.78 is 10.5. The molecule has 0 amide bonds. The number of aliphatic imine (C=N–C) groups is 1. The number of benzene rings is 1. The van der Waals surface area contributed by atoms with Crippen LogP contribution in [0.15, 0.2) is 40.5 Å². The molecule has 0 bridgehead atoms. The Morgan fingerprint density at radius 1 is 1.28 bits per heavy atom. The average Bonchev–Trinajstić information content (AvgIpc) is 2.61. The molecule has 6 heteroatoms. The number of hydrogen-bond acceptors (Lipinski definition) is 6. The Hall–Kier alpha value is -1.95. The van der Waals surface area contributed by atoms with Crippen LogP contribution in [0.3, 0.4) is 0 Å². The third kappa shape index (κ3) is 5.01. The SMILES string of the molecule is CCCCSC1=NC(c2ccc(OC)cc2)C(C(=O)OCC)=C(C)N1. The number of methoxy groups -OCH3 is 1. The molecule has 25 heavy (non-hydrogen) atoms. The van der Waals surface area contributed by atoms with Crippen molar-refractivity contribution in [1.82, 2.24) is 5.32 Å². The van der Waals surface area contributed by atoms with E-state index in [2.05, 4.69) is 12.2 Å². The molecule has 5 nitrogen and oxygen atoms in total. The number of esters is 1. The van der Waals surface area contributed by atoms with E-state index in [1.807, 2.05) is 38.1 Å². The van der Waals surface area contributed by atoms with Gasteiger partial charge in [0.1, 0.15) is 11.8 Å². The van der Waals surface area contributed by atoms with Gasteiger partial charge in [-0.2, -0.15) is 0 Å². The summed E-state index contributed by atoms with van der Waals surface area (Å²) in [6, 6.07) is 7.29. The van der Waals surface area contributed by atoms with Crippen molar-refractivity contribution in [3.8, 4) is 5.75 Å². The Kier molecular flexibility index (Phi) is 7.37. The van der Waals surface area contributed by atoms with Crippen LogP contribution in [0.1, 0.15) is 45.2 Å². The monoisotopic (exact) mass is 362 g/mol. The molecule has 1 aromatic rings. The molecular formula is C19H26N2O3S. The Bertz CT molecular complexity index is 653. The first-order valence-electron chi connectivity index (χ1n) is 8.60. The smallest absolute Gasteiger partial charge is 0.338 e. The van der Waals surface area contributed by atoms with E-state index in [1.54, 1.807) is 18.9 Å². The first kappa shape index (κ1) is 19.4. The van der Waals surface area contributed by atoms with Crippen molar-refractivity contribution >= 4 is 22.9 Å². The summed E-state index contributed by atoms with van der Waals surface area (Å²) in [5, 5.41) is 4.10. The molecule has 1 aliphatic rings. The Morgan fingerprint density at radius 3 is 2.60 bits per heavy atom. The molecule has 136 valence electrons. The average molecular weight is 362 g/mol. The van der Waals surface area contributed by atoms with E-state index in [0.29, 0.717) is 12.2 Å². The number of hydrogen-bond donors (Lipinski definition) is 1. The lowest BCUT2D eigenvalue weighted by Crippen LogP contribution is -2.30. The second-order valence-electron chi connectivity index (χ2n) is 5.70. The van der Waals surface area contributed by atoms with Gasteiger partial charge in [0.25, 0.3) is 0 Å². The summed E-state index contributed by atoms with van der Waals surface area (Å²) in [5.74, 6) is 1.45. The molecule has 2 rings (SSSR count). The number of allylic oxidation sites excluding steroid dienone is 1. The van der Waals surface area contributed by atoms with Crippen LogP contribution in [0.5, 0.6) is 5.75 Å². The van der Waals surface area contributed by atoms with Gasteiger partial charge in [-0.1, -0.05) is 37.2 Å². The lowest BCUT2D eigenvalue weighted by molar-refractivity contribution is -0.138. The zero-order valence-electron chi connectivity index (χ0n) is 15.3. The Labute approximate surface area is 153 Å². The van der Waals surface area contributed by atoms with Gasteiger partial charge in [0.15, 0.2) is 5.17 Å². The van der Waals surface area contributed by atoms with E-state index in [4.69, 9.17) is 14.5 Å². The standard InChI is InChI=1S/C19H26N2O3S/c1-5-7-12-25-19-20-13(3)16(18(22)24-6-2)17(21-19)14-8-10-15(23-4)11-9-14/h8-11,17H,5-7,12H2,1-4H3,(H,20,21). The van der Waals surface area contributed by atoms with Crippen molar-refractivity contribution < 1.29 is 14.3 Å². The van der Waals surface area contributed by atoms with Gasteiger partial charge in [-0.3, -0.25) is 0 Å². The number of unbranched alkanes of at least 4 members (excludes halogenated alkanes) is 1. The van der Waals surface area contributed by atoms with Gasteiger partial charge in [0.05, 0.1) is 19.3 Å². The second kappa shape index (κ2) is 9.51.